The average molecular weight is 557 g/mol. The number of aromatic amines is 1. The van der Waals surface area contributed by atoms with Crippen LogP contribution in [0.15, 0.2) is 66.9 Å². The van der Waals surface area contributed by atoms with Crippen LogP contribution in [0.1, 0.15) is 95.1 Å². The van der Waals surface area contributed by atoms with Gasteiger partial charge >= 0.3 is 0 Å². The molecule has 2 N–H and O–H groups in total. The molecular weight excluding hydrogens is 519 g/mol. The Bertz CT molecular complexity index is 1520. The van der Waals surface area contributed by atoms with Gasteiger partial charge in [-0.1, -0.05) is 50.2 Å². The number of carbonyl (C=O) groups is 2. The molecule has 214 valence electrons. The zero-order valence-electron chi connectivity index (χ0n) is 23.9. The Morgan fingerprint density at radius 2 is 1.85 bits per heavy atom. The highest BCUT2D eigenvalue weighted by atomic mass is 19.1. The molecule has 0 unspecified atom stereocenters. The van der Waals surface area contributed by atoms with Crippen LogP contribution in [-0.2, 0) is 24.9 Å². The van der Waals surface area contributed by atoms with Crippen LogP contribution in [0.3, 0.4) is 0 Å². The minimum absolute atomic E-state index is 0.0400. The molecule has 0 saturated heterocycles. The van der Waals surface area contributed by atoms with Crippen LogP contribution in [0.4, 0.5) is 4.39 Å². The third-order valence-electron chi connectivity index (χ3n) is 7.80. The van der Waals surface area contributed by atoms with Gasteiger partial charge in [0.1, 0.15) is 17.2 Å². The van der Waals surface area contributed by atoms with Gasteiger partial charge in [-0.2, -0.15) is 5.10 Å². The number of halogens is 1. The van der Waals surface area contributed by atoms with Gasteiger partial charge in [-0.15, -0.1) is 0 Å². The fourth-order valence-electron chi connectivity index (χ4n) is 5.83. The summed E-state index contributed by atoms with van der Waals surface area (Å²) in [7, 11) is 0. The summed E-state index contributed by atoms with van der Waals surface area (Å²) >= 11 is 0. The first kappa shape index (κ1) is 28.5. The number of aromatic nitrogens is 3. The molecule has 3 heterocycles. The summed E-state index contributed by atoms with van der Waals surface area (Å²) in [4.78, 5) is 31.7. The number of aliphatic hydroxyl groups excluding tert-OH is 1. The van der Waals surface area contributed by atoms with Crippen molar-refractivity contribution in [2.24, 2.45) is 0 Å². The van der Waals surface area contributed by atoms with E-state index in [0.29, 0.717) is 43.9 Å². The highest BCUT2D eigenvalue weighted by Gasteiger charge is 2.40. The third kappa shape index (κ3) is 6.33. The summed E-state index contributed by atoms with van der Waals surface area (Å²) in [5, 5.41) is 14.7. The molecule has 0 bridgehead atoms. The molecule has 0 radical (unpaired) electrons. The van der Waals surface area contributed by atoms with E-state index in [2.05, 4.69) is 18.8 Å². The van der Waals surface area contributed by atoms with Crippen LogP contribution in [0, 0.1) is 5.82 Å². The van der Waals surface area contributed by atoms with Crippen molar-refractivity contribution in [2.75, 3.05) is 6.54 Å². The van der Waals surface area contributed by atoms with Gasteiger partial charge in [0.15, 0.2) is 5.78 Å². The van der Waals surface area contributed by atoms with Crippen molar-refractivity contribution in [3.05, 3.63) is 112 Å². The van der Waals surface area contributed by atoms with Crippen molar-refractivity contribution in [1.82, 2.24) is 19.7 Å². The van der Waals surface area contributed by atoms with Gasteiger partial charge in [-0.05, 0) is 67.1 Å². The van der Waals surface area contributed by atoms with E-state index in [4.69, 9.17) is 5.10 Å². The maximum Gasteiger partial charge on any atom is 0.270 e. The molecule has 1 amide bonds. The van der Waals surface area contributed by atoms with Crippen molar-refractivity contribution in [2.45, 2.75) is 71.1 Å². The zero-order valence-corrected chi connectivity index (χ0v) is 23.9. The lowest BCUT2D eigenvalue weighted by atomic mass is 9.81. The number of H-pyrrole nitrogens is 1. The van der Waals surface area contributed by atoms with E-state index in [1.165, 1.54) is 12.1 Å². The van der Waals surface area contributed by atoms with E-state index >= 15 is 0 Å². The number of carbonyl (C=O) groups excluding carboxylic acids is 2. The van der Waals surface area contributed by atoms with Crippen LogP contribution < -0.4 is 0 Å². The fourth-order valence-corrected chi connectivity index (χ4v) is 5.83. The first-order valence-electron chi connectivity index (χ1n) is 14.2. The Balaban J connectivity index is 1.38. The second kappa shape index (κ2) is 11.8. The summed E-state index contributed by atoms with van der Waals surface area (Å²) in [5.41, 5.74) is 5.10. The normalized spacial score (nSPS) is 15.0. The number of aryl methyl sites for hydroxylation is 1. The predicted molar refractivity (Wildman–Crippen MR) is 155 cm³/mol. The van der Waals surface area contributed by atoms with Gasteiger partial charge in [-0.25, -0.2) is 4.39 Å². The van der Waals surface area contributed by atoms with Crippen LogP contribution >= 0.6 is 0 Å². The highest BCUT2D eigenvalue weighted by Crippen LogP contribution is 2.37. The number of unbranched alkanes of at least 4 members (excludes halogenated alkanes) is 1. The maximum absolute atomic E-state index is 13.6. The number of aliphatic hydroxyl groups is 1. The number of rotatable bonds is 10. The monoisotopic (exact) mass is 556 g/mol. The van der Waals surface area contributed by atoms with Gasteiger partial charge in [0.25, 0.3) is 5.91 Å². The molecule has 2 aromatic heterocycles. The summed E-state index contributed by atoms with van der Waals surface area (Å²) < 4.78 is 15.4. The number of benzene rings is 2. The molecule has 7 nitrogen and oxygen atoms in total. The smallest absolute Gasteiger partial charge is 0.270 e. The lowest BCUT2D eigenvalue weighted by Gasteiger charge is -2.38. The first-order valence-corrected chi connectivity index (χ1v) is 14.2. The number of ketones is 1. The number of hydrogen-bond donors (Lipinski definition) is 2. The van der Waals surface area contributed by atoms with Gasteiger partial charge in [0.2, 0.25) is 0 Å². The van der Waals surface area contributed by atoms with Crippen molar-refractivity contribution in [3.63, 3.8) is 0 Å². The molecule has 0 saturated carbocycles. The van der Waals surface area contributed by atoms with Gasteiger partial charge in [0.05, 0.1) is 24.9 Å². The number of hydrogen-bond acceptors (Lipinski definition) is 4. The maximum atomic E-state index is 13.6. The Hall–Kier alpha value is -4.04. The summed E-state index contributed by atoms with van der Waals surface area (Å²) in [6.45, 7) is 7.07. The lowest BCUT2D eigenvalue weighted by molar-refractivity contribution is 0.0674. The minimum atomic E-state index is -0.513. The molecule has 4 aromatic rings. The SMILES string of the molecule is C[C@@H](O)c1cccc(CCCCC(=O)c2nn(Cc3ccc(F)cc3)c3c2CN(C(=O)c2ccc[nH]2)CC3(C)C)c1. The van der Waals surface area contributed by atoms with E-state index < -0.39 is 11.5 Å². The lowest BCUT2D eigenvalue weighted by Crippen LogP contribution is -2.46. The zero-order chi connectivity index (χ0) is 29.1. The Kier molecular flexibility index (Phi) is 8.22. The van der Waals surface area contributed by atoms with Crippen molar-refractivity contribution < 1.29 is 19.1 Å². The van der Waals surface area contributed by atoms with E-state index in [1.807, 2.05) is 28.9 Å². The highest BCUT2D eigenvalue weighted by molar-refractivity contribution is 5.97. The Morgan fingerprint density at radius 1 is 1.07 bits per heavy atom. The van der Waals surface area contributed by atoms with E-state index in [-0.39, 0.29) is 17.5 Å². The first-order chi connectivity index (χ1) is 19.6. The van der Waals surface area contributed by atoms with E-state index in [9.17, 15) is 19.1 Å². The summed E-state index contributed by atoms with van der Waals surface area (Å²) in [6, 6.07) is 17.8. The van der Waals surface area contributed by atoms with Crippen molar-refractivity contribution >= 4 is 11.7 Å². The second-order valence-corrected chi connectivity index (χ2v) is 11.6. The molecule has 1 aliphatic rings. The van der Waals surface area contributed by atoms with Gasteiger partial charge < -0.3 is 15.0 Å². The summed E-state index contributed by atoms with van der Waals surface area (Å²) in [5.74, 6) is -0.455. The van der Waals surface area contributed by atoms with Crippen molar-refractivity contribution in [1.29, 1.82) is 0 Å². The van der Waals surface area contributed by atoms with Crippen LogP contribution in [0.2, 0.25) is 0 Å². The second-order valence-electron chi connectivity index (χ2n) is 11.6. The van der Waals surface area contributed by atoms with Crippen molar-refractivity contribution in [3.8, 4) is 0 Å². The van der Waals surface area contributed by atoms with Crippen LogP contribution in [-0.4, -0.2) is 43.0 Å². The van der Waals surface area contributed by atoms with Crippen LogP contribution in [0.5, 0.6) is 0 Å². The molecule has 41 heavy (non-hydrogen) atoms. The largest absolute Gasteiger partial charge is 0.389 e. The Labute approximate surface area is 240 Å². The van der Waals surface area contributed by atoms with Crippen LogP contribution in [0.25, 0.3) is 0 Å². The van der Waals surface area contributed by atoms with Gasteiger partial charge in [-0.3, -0.25) is 14.3 Å². The molecular formula is C33H37FN4O3. The third-order valence-corrected chi connectivity index (χ3v) is 7.80. The number of Topliss-reactive ketones (excluding diaryl/α,β-unsaturated/α-hetero) is 1. The summed E-state index contributed by atoms with van der Waals surface area (Å²) in [6.07, 6.45) is 3.91. The molecule has 8 heteroatoms. The fraction of sp³-hybridized carbons (Fsp3) is 0.364. The molecule has 0 fully saturated rings. The predicted octanol–water partition coefficient (Wildman–Crippen LogP) is 5.98. The van der Waals surface area contributed by atoms with E-state index in [1.54, 1.807) is 42.3 Å². The quantitative estimate of drug-likeness (QED) is 0.186. The molecule has 0 spiro atoms. The molecule has 1 atom stereocenters. The molecule has 0 aliphatic carbocycles. The van der Waals surface area contributed by atoms with E-state index in [0.717, 1.165) is 40.8 Å². The Morgan fingerprint density at radius 3 is 2.56 bits per heavy atom. The molecule has 2 aromatic carbocycles. The number of fused-ring (bicyclic) bond motifs is 1. The standard InChI is InChI=1S/C33H37FN4O3/c1-22(39)25-10-6-9-23(18-25)8-4-5-12-29(40)30-27-20-37(32(41)28-11-7-17-35-28)21-33(2,3)31(27)38(36-30)19-24-13-15-26(34)16-14-24/h6-7,9-11,13-18,22,35,39H,4-5,8,12,19-21H2,1-3H3/t22-/m1/s1. The van der Waals surface area contributed by atoms with Gasteiger partial charge in [0, 0.05) is 30.1 Å². The number of nitrogens with one attached hydrogen (secondary N) is 1. The number of amides is 1. The number of nitrogens with zero attached hydrogens (tertiary/aromatic N) is 3. The molecule has 1 aliphatic heterocycles. The minimum Gasteiger partial charge on any atom is -0.389 e. The average Bonchev–Trinajstić information content (AvgIpc) is 3.61. The molecule has 5 rings (SSSR count). The topological polar surface area (TPSA) is 91.2 Å².